The highest BCUT2D eigenvalue weighted by molar-refractivity contribution is 5.97. The Morgan fingerprint density at radius 3 is 2.09 bits per heavy atom. The first-order valence-electron chi connectivity index (χ1n) is 15.7. The average Bonchev–Trinajstić information content (AvgIpc) is 3.55. The molecule has 1 aromatic heterocycles. The molecule has 3 heteroatoms. The standard InChI is InChI=1S/C41H31N3/c1-26-20-22-32-30-16-8-10-18-34(30)41(36(32)24-26)35-19-11-9-17-31(35)33-23-21-29(25-37(33)41)40-43-38(27-12-4-2-5-13-27)42-39(44-40)28-14-6-3-7-15-28/h2,4-6,8-23,25-26H,3,7,24H2,1H3. The monoisotopic (exact) mass is 565 g/mol. The highest BCUT2D eigenvalue weighted by Crippen LogP contribution is 2.64. The first-order chi connectivity index (χ1) is 21.7. The van der Waals surface area contributed by atoms with Gasteiger partial charge >= 0.3 is 0 Å². The van der Waals surface area contributed by atoms with Crippen molar-refractivity contribution in [2.45, 2.75) is 31.6 Å². The summed E-state index contributed by atoms with van der Waals surface area (Å²) in [4.78, 5) is 15.2. The molecule has 44 heavy (non-hydrogen) atoms. The van der Waals surface area contributed by atoms with Crippen LogP contribution in [-0.4, -0.2) is 15.0 Å². The van der Waals surface area contributed by atoms with Crippen molar-refractivity contribution in [2.75, 3.05) is 0 Å². The van der Waals surface area contributed by atoms with Gasteiger partial charge in [0.1, 0.15) is 0 Å². The van der Waals surface area contributed by atoms with Gasteiger partial charge in [0.25, 0.3) is 0 Å². The van der Waals surface area contributed by atoms with E-state index in [1.165, 1.54) is 44.5 Å². The Hall–Kier alpha value is -5.15. The average molecular weight is 566 g/mol. The fourth-order valence-corrected chi connectivity index (χ4v) is 7.84. The van der Waals surface area contributed by atoms with E-state index in [0.717, 1.165) is 41.8 Å². The van der Waals surface area contributed by atoms with Gasteiger partial charge in [-0.2, -0.15) is 0 Å². The second kappa shape index (κ2) is 9.68. The molecule has 5 aromatic rings. The molecule has 0 bridgehead atoms. The highest BCUT2D eigenvalue weighted by Gasteiger charge is 2.53. The number of hydrogen-bond acceptors (Lipinski definition) is 3. The largest absolute Gasteiger partial charge is 0.208 e. The zero-order valence-corrected chi connectivity index (χ0v) is 24.7. The minimum Gasteiger partial charge on any atom is -0.208 e. The molecule has 0 fully saturated rings. The lowest BCUT2D eigenvalue weighted by Gasteiger charge is -2.34. The van der Waals surface area contributed by atoms with E-state index < -0.39 is 0 Å². The van der Waals surface area contributed by atoms with Gasteiger partial charge in [-0.25, -0.2) is 15.0 Å². The molecule has 0 aliphatic heterocycles. The summed E-state index contributed by atoms with van der Waals surface area (Å²) in [7, 11) is 0. The van der Waals surface area contributed by atoms with Crippen LogP contribution in [-0.2, 0) is 5.41 Å². The topological polar surface area (TPSA) is 38.7 Å². The van der Waals surface area contributed by atoms with Crippen molar-refractivity contribution in [3.8, 4) is 33.9 Å². The summed E-state index contributed by atoms with van der Waals surface area (Å²) in [6, 6.07) is 35.2. The molecule has 0 saturated carbocycles. The molecule has 3 nitrogen and oxygen atoms in total. The molecule has 0 saturated heterocycles. The summed E-state index contributed by atoms with van der Waals surface area (Å²) in [6.45, 7) is 2.33. The Morgan fingerprint density at radius 2 is 1.30 bits per heavy atom. The van der Waals surface area contributed by atoms with Gasteiger partial charge in [-0.05, 0) is 75.8 Å². The minimum atomic E-state index is -0.334. The van der Waals surface area contributed by atoms with Gasteiger partial charge in [-0.15, -0.1) is 0 Å². The summed E-state index contributed by atoms with van der Waals surface area (Å²) >= 11 is 0. The van der Waals surface area contributed by atoms with Gasteiger partial charge in [0.2, 0.25) is 0 Å². The Morgan fingerprint density at radius 1 is 0.614 bits per heavy atom. The van der Waals surface area contributed by atoms with Crippen molar-refractivity contribution in [3.63, 3.8) is 0 Å². The van der Waals surface area contributed by atoms with Gasteiger partial charge in [0, 0.05) is 16.7 Å². The van der Waals surface area contributed by atoms with Crippen molar-refractivity contribution in [3.05, 3.63) is 161 Å². The molecule has 9 rings (SSSR count). The van der Waals surface area contributed by atoms with Gasteiger partial charge < -0.3 is 0 Å². The Kier molecular flexibility index (Phi) is 5.58. The predicted molar refractivity (Wildman–Crippen MR) is 179 cm³/mol. The van der Waals surface area contributed by atoms with E-state index in [9.17, 15) is 0 Å². The SMILES string of the molecule is CC1C=CC2=C(C1)C1(c3ccccc32)c2ccccc2-c2ccc(-c3nc(C4=CCCC=C4)nc(-c4ccccc4)n3)cc21. The maximum absolute atomic E-state index is 5.12. The molecular formula is C41H31N3. The maximum atomic E-state index is 5.12. The molecule has 210 valence electrons. The van der Waals surface area contributed by atoms with Crippen LogP contribution >= 0.6 is 0 Å². The van der Waals surface area contributed by atoms with E-state index in [4.69, 9.17) is 15.0 Å². The normalized spacial score (nSPS) is 20.8. The van der Waals surface area contributed by atoms with Crippen molar-refractivity contribution in [1.82, 2.24) is 15.0 Å². The molecule has 1 spiro atoms. The molecular weight excluding hydrogens is 534 g/mol. The Bertz CT molecular complexity index is 2110. The zero-order valence-electron chi connectivity index (χ0n) is 24.7. The third kappa shape index (κ3) is 3.59. The van der Waals surface area contributed by atoms with Gasteiger partial charge in [0.05, 0.1) is 5.41 Å². The number of hydrogen-bond donors (Lipinski definition) is 0. The van der Waals surface area contributed by atoms with Gasteiger partial charge in [-0.3, -0.25) is 0 Å². The lowest BCUT2D eigenvalue weighted by Crippen LogP contribution is -2.28. The summed E-state index contributed by atoms with van der Waals surface area (Å²) < 4.78 is 0. The van der Waals surface area contributed by atoms with E-state index in [2.05, 4.69) is 116 Å². The lowest BCUT2D eigenvalue weighted by molar-refractivity contribution is 0.630. The van der Waals surface area contributed by atoms with Gasteiger partial charge in [0.15, 0.2) is 17.5 Å². The van der Waals surface area contributed by atoms with Gasteiger partial charge in [-0.1, -0.05) is 128 Å². The Balaban J connectivity index is 1.31. The van der Waals surface area contributed by atoms with Crippen LogP contribution in [0.4, 0.5) is 0 Å². The predicted octanol–water partition coefficient (Wildman–Crippen LogP) is 9.62. The van der Waals surface area contributed by atoms with Crippen LogP contribution in [0.5, 0.6) is 0 Å². The van der Waals surface area contributed by atoms with Crippen LogP contribution < -0.4 is 0 Å². The minimum absolute atomic E-state index is 0.334. The summed E-state index contributed by atoms with van der Waals surface area (Å²) in [5.41, 5.74) is 13.7. The van der Waals surface area contributed by atoms with Crippen LogP contribution in [0.3, 0.4) is 0 Å². The number of fused-ring (bicyclic) bond motifs is 9. The van der Waals surface area contributed by atoms with Crippen molar-refractivity contribution < 1.29 is 0 Å². The summed E-state index contributed by atoms with van der Waals surface area (Å²) in [5.74, 6) is 2.62. The van der Waals surface area contributed by atoms with Crippen LogP contribution in [0.1, 0.15) is 54.3 Å². The van der Waals surface area contributed by atoms with Crippen molar-refractivity contribution >= 4 is 11.1 Å². The lowest BCUT2D eigenvalue weighted by atomic mass is 9.67. The molecule has 0 radical (unpaired) electrons. The number of allylic oxidation sites excluding steroid dienone is 8. The van der Waals surface area contributed by atoms with Crippen molar-refractivity contribution in [1.29, 1.82) is 0 Å². The van der Waals surface area contributed by atoms with Crippen LogP contribution in [0.15, 0.2) is 133 Å². The third-order valence-electron chi connectivity index (χ3n) is 9.74. The summed E-state index contributed by atoms with van der Waals surface area (Å²) in [5, 5.41) is 0. The fourth-order valence-electron chi connectivity index (χ4n) is 7.84. The molecule has 1 heterocycles. The van der Waals surface area contributed by atoms with E-state index in [0.29, 0.717) is 17.6 Å². The number of rotatable bonds is 3. The smallest absolute Gasteiger partial charge is 0.164 e. The van der Waals surface area contributed by atoms with Crippen molar-refractivity contribution in [2.24, 2.45) is 5.92 Å². The highest BCUT2D eigenvalue weighted by atomic mass is 15.0. The van der Waals surface area contributed by atoms with E-state index >= 15 is 0 Å². The number of nitrogens with zero attached hydrogens (tertiary/aromatic N) is 3. The van der Waals surface area contributed by atoms with E-state index in [-0.39, 0.29) is 5.41 Å². The molecule has 4 aromatic carbocycles. The summed E-state index contributed by atoms with van der Waals surface area (Å²) in [6.07, 6.45) is 14.4. The molecule has 2 unspecified atom stereocenters. The molecule has 0 amide bonds. The number of benzene rings is 4. The number of aromatic nitrogens is 3. The van der Waals surface area contributed by atoms with E-state index in [1.807, 2.05) is 18.2 Å². The molecule has 0 N–H and O–H groups in total. The molecule has 4 aliphatic rings. The third-order valence-corrected chi connectivity index (χ3v) is 9.74. The second-order valence-electron chi connectivity index (χ2n) is 12.3. The van der Waals surface area contributed by atoms with E-state index in [1.54, 1.807) is 0 Å². The second-order valence-corrected chi connectivity index (χ2v) is 12.3. The fraction of sp³-hybridized carbons (Fsp3) is 0.146. The zero-order chi connectivity index (χ0) is 29.3. The Labute approximate surface area is 258 Å². The van der Waals surface area contributed by atoms with Crippen LogP contribution in [0.25, 0.3) is 45.0 Å². The molecule has 2 atom stereocenters. The maximum Gasteiger partial charge on any atom is 0.164 e. The quantitative estimate of drug-likeness (QED) is 0.219. The first kappa shape index (κ1) is 25.4. The molecule has 4 aliphatic carbocycles. The first-order valence-corrected chi connectivity index (χ1v) is 15.7. The van der Waals surface area contributed by atoms with Crippen LogP contribution in [0.2, 0.25) is 0 Å². The van der Waals surface area contributed by atoms with Crippen LogP contribution in [0, 0.1) is 5.92 Å².